The first kappa shape index (κ1) is 29.2. The number of carboxylic acids is 1. The van der Waals surface area contributed by atoms with Crippen molar-refractivity contribution < 1.29 is 19.4 Å². The van der Waals surface area contributed by atoms with Crippen LogP contribution in [0.1, 0.15) is 110 Å². The van der Waals surface area contributed by atoms with Crippen LogP contribution in [0.3, 0.4) is 0 Å². The first-order valence-electron chi connectivity index (χ1n) is 12.1. The molecule has 8 heteroatoms. The van der Waals surface area contributed by atoms with Crippen molar-refractivity contribution in [2.45, 2.75) is 116 Å². The Kier molecular flexibility index (Phi) is 17.8. The summed E-state index contributed by atoms with van der Waals surface area (Å²) in [4.78, 5) is 26.1. The number of rotatable bonds is 21. The predicted molar refractivity (Wildman–Crippen MR) is 124 cm³/mol. The molecule has 0 fully saturated rings. The van der Waals surface area contributed by atoms with Crippen LogP contribution >= 0.6 is 0 Å². The van der Waals surface area contributed by atoms with E-state index < -0.39 is 17.5 Å². The maximum absolute atomic E-state index is 11.9. The van der Waals surface area contributed by atoms with Crippen molar-refractivity contribution in [1.82, 2.24) is 0 Å². The maximum atomic E-state index is 11.9. The van der Waals surface area contributed by atoms with Crippen molar-refractivity contribution >= 4 is 11.9 Å². The average molecular weight is 441 g/mol. The molecule has 0 aliphatic heterocycles. The highest BCUT2D eigenvalue weighted by atomic mass is 16.5. The summed E-state index contributed by atoms with van der Waals surface area (Å²) in [7, 11) is 0. The van der Waals surface area contributed by atoms with Crippen LogP contribution in [0.15, 0.2) is 5.11 Å². The summed E-state index contributed by atoms with van der Waals surface area (Å²) in [5.41, 5.74) is 12.1. The predicted octanol–water partition coefficient (Wildman–Crippen LogP) is 6.13. The number of esters is 1. The minimum Gasteiger partial charge on any atom is -0.479 e. The Morgan fingerprint density at radius 2 is 1.48 bits per heavy atom. The molecule has 8 nitrogen and oxygen atoms in total. The molecular weight excluding hydrogens is 396 g/mol. The van der Waals surface area contributed by atoms with Gasteiger partial charge in [0.25, 0.3) is 0 Å². The summed E-state index contributed by atoms with van der Waals surface area (Å²) in [5.74, 6) is -1.51. The number of nitrogens with zero attached hydrogens (tertiary/aromatic N) is 3. The summed E-state index contributed by atoms with van der Waals surface area (Å²) < 4.78 is 4.83. The fourth-order valence-electron chi connectivity index (χ4n) is 3.84. The van der Waals surface area contributed by atoms with Crippen molar-refractivity contribution in [3.63, 3.8) is 0 Å². The van der Waals surface area contributed by atoms with E-state index in [9.17, 15) is 14.7 Å². The number of hydrogen-bond donors (Lipinski definition) is 2. The van der Waals surface area contributed by atoms with Crippen LogP contribution < -0.4 is 5.73 Å². The average Bonchev–Trinajstić information content (AvgIpc) is 2.75. The zero-order valence-electron chi connectivity index (χ0n) is 19.7. The molecule has 0 aliphatic carbocycles. The zero-order valence-corrected chi connectivity index (χ0v) is 19.7. The molecule has 180 valence electrons. The second-order valence-electron chi connectivity index (χ2n) is 8.44. The van der Waals surface area contributed by atoms with Crippen molar-refractivity contribution in [3.8, 4) is 0 Å². The largest absolute Gasteiger partial charge is 0.479 e. The van der Waals surface area contributed by atoms with Gasteiger partial charge >= 0.3 is 11.9 Å². The van der Waals surface area contributed by atoms with Crippen molar-refractivity contribution in [2.75, 3.05) is 13.2 Å². The molecule has 2 unspecified atom stereocenters. The standard InChI is InChI=1S/C23H44N4O4/c1-3-20(16-12-10-8-6-5-7-9-11-15-19-26-27-25)17-13-14-18-23(24,21(28)29)22(30)31-4-2/h20H,3-19,24H2,1-2H3,(H,28,29). The van der Waals surface area contributed by atoms with Gasteiger partial charge in [-0.05, 0) is 31.2 Å². The number of aliphatic carboxylic acids is 1. The SMILES string of the molecule is CCOC(=O)C(N)(CCCCC(CC)CCCCCCCCCCCN=[N+]=[N-])C(=O)O. The Hall–Kier alpha value is -1.79. The molecule has 0 aromatic heterocycles. The van der Waals surface area contributed by atoms with E-state index >= 15 is 0 Å². The van der Waals surface area contributed by atoms with Gasteiger partial charge in [-0.1, -0.05) is 95.5 Å². The van der Waals surface area contributed by atoms with Crippen molar-refractivity contribution in [3.05, 3.63) is 10.4 Å². The Bertz CT molecular complexity index is 538. The van der Waals surface area contributed by atoms with Crippen molar-refractivity contribution in [2.24, 2.45) is 16.8 Å². The number of carboxylic acid groups (broad SMARTS) is 1. The number of nitrogens with two attached hydrogens (primary N) is 1. The molecular formula is C23H44N4O4. The van der Waals surface area contributed by atoms with Gasteiger partial charge in [-0.25, -0.2) is 9.59 Å². The van der Waals surface area contributed by atoms with Crippen LogP contribution in [0.2, 0.25) is 0 Å². The molecule has 0 aliphatic rings. The molecule has 31 heavy (non-hydrogen) atoms. The van der Waals surface area contributed by atoms with Crippen LogP contribution in [-0.2, 0) is 14.3 Å². The van der Waals surface area contributed by atoms with E-state index in [-0.39, 0.29) is 13.0 Å². The van der Waals surface area contributed by atoms with E-state index in [2.05, 4.69) is 16.9 Å². The normalized spacial score (nSPS) is 13.8. The third-order valence-corrected chi connectivity index (χ3v) is 5.97. The molecule has 0 bridgehead atoms. The van der Waals surface area contributed by atoms with Gasteiger partial charge < -0.3 is 15.6 Å². The zero-order chi connectivity index (χ0) is 23.4. The fraction of sp³-hybridized carbons (Fsp3) is 0.913. The van der Waals surface area contributed by atoms with E-state index in [0.29, 0.717) is 18.9 Å². The third kappa shape index (κ3) is 14.0. The Labute approximate surface area is 187 Å². The first-order chi connectivity index (χ1) is 14.9. The van der Waals surface area contributed by atoms with Gasteiger partial charge in [0.2, 0.25) is 5.54 Å². The highest BCUT2D eigenvalue weighted by Crippen LogP contribution is 2.23. The van der Waals surface area contributed by atoms with Crippen LogP contribution in [0.4, 0.5) is 0 Å². The smallest absolute Gasteiger partial charge is 0.337 e. The first-order valence-corrected chi connectivity index (χ1v) is 12.1. The number of ether oxygens (including phenoxy) is 1. The van der Waals surface area contributed by atoms with Crippen molar-refractivity contribution in [1.29, 1.82) is 0 Å². The van der Waals surface area contributed by atoms with Gasteiger partial charge in [-0.3, -0.25) is 0 Å². The van der Waals surface area contributed by atoms with Crippen LogP contribution in [0.25, 0.3) is 10.4 Å². The lowest BCUT2D eigenvalue weighted by Crippen LogP contribution is -2.55. The quantitative estimate of drug-likeness (QED) is 0.0552. The second-order valence-corrected chi connectivity index (χ2v) is 8.44. The second kappa shape index (κ2) is 18.9. The van der Waals surface area contributed by atoms with Gasteiger partial charge in [0.1, 0.15) is 0 Å². The molecule has 0 radical (unpaired) electrons. The van der Waals surface area contributed by atoms with E-state index in [1.807, 2.05) is 0 Å². The summed E-state index contributed by atoms with van der Waals surface area (Å²) >= 11 is 0. The molecule has 0 amide bonds. The highest BCUT2D eigenvalue weighted by molar-refractivity contribution is 6.03. The summed E-state index contributed by atoms with van der Waals surface area (Å²) in [6.45, 7) is 4.59. The summed E-state index contributed by atoms with van der Waals surface area (Å²) in [5, 5.41) is 12.9. The molecule has 0 saturated heterocycles. The van der Waals surface area contributed by atoms with E-state index in [1.54, 1.807) is 6.92 Å². The van der Waals surface area contributed by atoms with Crippen LogP contribution in [0.5, 0.6) is 0 Å². The molecule has 0 rings (SSSR count). The summed E-state index contributed by atoms with van der Waals surface area (Å²) in [6.07, 6.45) is 16.0. The molecule has 0 heterocycles. The number of carbonyl (C=O) groups is 2. The van der Waals surface area contributed by atoms with Gasteiger partial charge in [0, 0.05) is 11.5 Å². The lowest BCUT2D eigenvalue weighted by Gasteiger charge is -2.22. The molecule has 0 saturated carbocycles. The Morgan fingerprint density at radius 1 is 0.968 bits per heavy atom. The van der Waals surface area contributed by atoms with Crippen LogP contribution in [-0.4, -0.2) is 35.7 Å². The number of azide groups is 1. The third-order valence-electron chi connectivity index (χ3n) is 5.97. The van der Waals surface area contributed by atoms with Gasteiger partial charge in [-0.2, -0.15) is 0 Å². The Morgan fingerprint density at radius 3 is 1.97 bits per heavy atom. The molecule has 3 N–H and O–H groups in total. The fourth-order valence-corrected chi connectivity index (χ4v) is 3.84. The minimum absolute atomic E-state index is 0.114. The van der Waals surface area contributed by atoms with E-state index in [0.717, 1.165) is 32.1 Å². The Balaban J connectivity index is 3.82. The number of unbranched alkanes of at least 4 members (excludes halogenated alkanes) is 9. The van der Waals surface area contributed by atoms with Gasteiger partial charge in [-0.15, -0.1) is 0 Å². The molecule has 0 spiro atoms. The van der Waals surface area contributed by atoms with E-state index in [1.165, 1.54) is 51.4 Å². The highest BCUT2D eigenvalue weighted by Gasteiger charge is 2.43. The van der Waals surface area contributed by atoms with Gasteiger partial charge in [0.05, 0.1) is 6.61 Å². The summed E-state index contributed by atoms with van der Waals surface area (Å²) in [6, 6.07) is 0. The number of hydrogen-bond acceptors (Lipinski definition) is 5. The topological polar surface area (TPSA) is 138 Å². The van der Waals surface area contributed by atoms with Crippen LogP contribution in [0, 0.1) is 5.92 Å². The number of carbonyl (C=O) groups excluding carboxylic acids is 1. The minimum atomic E-state index is -1.93. The van der Waals surface area contributed by atoms with Gasteiger partial charge in [0.15, 0.2) is 0 Å². The van der Waals surface area contributed by atoms with E-state index in [4.69, 9.17) is 16.0 Å². The maximum Gasteiger partial charge on any atom is 0.337 e. The lowest BCUT2D eigenvalue weighted by molar-refractivity contribution is -0.161. The molecule has 0 aromatic carbocycles. The lowest BCUT2D eigenvalue weighted by atomic mass is 9.89. The molecule has 0 aromatic rings. The molecule has 2 atom stereocenters. The monoisotopic (exact) mass is 440 g/mol.